The van der Waals surface area contributed by atoms with Crippen LogP contribution in [0.3, 0.4) is 0 Å². The lowest BCUT2D eigenvalue weighted by Gasteiger charge is -2.35. The molecule has 108 valence electrons. The van der Waals surface area contributed by atoms with Crippen LogP contribution in [0.2, 0.25) is 0 Å². The number of hydrogen-bond donors (Lipinski definition) is 2. The SMILES string of the molecule is CC(C)(CC(=O)O)CC(=O)N1CCOCC1C(N)=O. The first kappa shape index (κ1) is 15.4. The molecular formula is C12H20N2O5. The Kier molecular flexibility index (Phi) is 4.88. The molecule has 0 saturated carbocycles. The van der Waals surface area contributed by atoms with Crippen LogP contribution in [0.15, 0.2) is 0 Å². The Balaban J connectivity index is 2.70. The Bertz CT molecular complexity index is 380. The number of rotatable bonds is 5. The number of ether oxygens (including phenoxy) is 1. The van der Waals surface area contributed by atoms with Gasteiger partial charge in [-0.15, -0.1) is 0 Å². The highest BCUT2D eigenvalue weighted by atomic mass is 16.5. The van der Waals surface area contributed by atoms with Crippen LogP contribution >= 0.6 is 0 Å². The van der Waals surface area contributed by atoms with Gasteiger partial charge >= 0.3 is 5.97 Å². The van der Waals surface area contributed by atoms with Gasteiger partial charge in [0.25, 0.3) is 0 Å². The van der Waals surface area contributed by atoms with Gasteiger partial charge in [0, 0.05) is 13.0 Å². The molecule has 7 heteroatoms. The maximum Gasteiger partial charge on any atom is 0.303 e. The van der Waals surface area contributed by atoms with Gasteiger partial charge in [-0.3, -0.25) is 14.4 Å². The number of carbonyl (C=O) groups is 3. The summed E-state index contributed by atoms with van der Waals surface area (Å²) in [5, 5.41) is 8.79. The van der Waals surface area contributed by atoms with E-state index in [0.29, 0.717) is 13.2 Å². The molecule has 0 aliphatic carbocycles. The molecule has 3 N–H and O–H groups in total. The van der Waals surface area contributed by atoms with Crippen LogP contribution in [0.4, 0.5) is 0 Å². The van der Waals surface area contributed by atoms with Crippen molar-refractivity contribution in [1.29, 1.82) is 0 Å². The predicted molar refractivity (Wildman–Crippen MR) is 66.2 cm³/mol. The fourth-order valence-corrected chi connectivity index (χ4v) is 2.12. The van der Waals surface area contributed by atoms with Gasteiger partial charge in [-0.1, -0.05) is 13.8 Å². The number of hydrogen-bond acceptors (Lipinski definition) is 4. The summed E-state index contributed by atoms with van der Waals surface area (Å²) in [5.41, 5.74) is 4.57. The van der Waals surface area contributed by atoms with Gasteiger partial charge < -0.3 is 20.5 Å². The number of nitrogens with zero attached hydrogens (tertiary/aromatic N) is 1. The molecule has 0 spiro atoms. The third-order valence-corrected chi connectivity index (χ3v) is 3.04. The monoisotopic (exact) mass is 272 g/mol. The summed E-state index contributed by atoms with van der Waals surface area (Å²) in [6, 6.07) is -0.762. The molecule has 2 amide bonds. The molecule has 0 aromatic carbocycles. The van der Waals surface area contributed by atoms with Crippen molar-refractivity contribution in [1.82, 2.24) is 4.90 Å². The average Bonchev–Trinajstić information content (AvgIpc) is 2.26. The fourth-order valence-electron chi connectivity index (χ4n) is 2.12. The van der Waals surface area contributed by atoms with Crippen LogP contribution < -0.4 is 5.73 Å². The largest absolute Gasteiger partial charge is 0.481 e. The molecule has 19 heavy (non-hydrogen) atoms. The Labute approximate surface area is 111 Å². The van der Waals surface area contributed by atoms with E-state index in [1.54, 1.807) is 13.8 Å². The zero-order valence-electron chi connectivity index (χ0n) is 11.2. The molecule has 0 aromatic rings. The lowest BCUT2D eigenvalue weighted by atomic mass is 9.85. The number of carbonyl (C=O) groups excluding carboxylic acids is 2. The number of carboxylic acids is 1. The van der Waals surface area contributed by atoms with E-state index in [1.807, 2.05) is 0 Å². The molecule has 1 atom stereocenters. The zero-order chi connectivity index (χ0) is 14.6. The molecule has 1 rings (SSSR count). The van der Waals surface area contributed by atoms with Crippen molar-refractivity contribution < 1.29 is 24.2 Å². The number of aliphatic carboxylic acids is 1. The van der Waals surface area contributed by atoms with Crippen molar-refractivity contribution in [3.05, 3.63) is 0 Å². The second-order valence-corrected chi connectivity index (χ2v) is 5.49. The molecule has 0 bridgehead atoms. The Morgan fingerprint density at radius 1 is 1.37 bits per heavy atom. The molecular weight excluding hydrogens is 252 g/mol. The number of carboxylic acid groups (broad SMARTS) is 1. The molecule has 1 aliphatic heterocycles. The van der Waals surface area contributed by atoms with Gasteiger partial charge in [0.15, 0.2) is 0 Å². The summed E-state index contributed by atoms with van der Waals surface area (Å²) < 4.78 is 5.13. The second kappa shape index (κ2) is 6.01. The summed E-state index contributed by atoms with van der Waals surface area (Å²) in [6.07, 6.45) is -0.0482. The van der Waals surface area contributed by atoms with Gasteiger partial charge in [0.2, 0.25) is 11.8 Å². The Hall–Kier alpha value is -1.63. The highest BCUT2D eigenvalue weighted by molar-refractivity contribution is 5.87. The maximum atomic E-state index is 12.2. The van der Waals surface area contributed by atoms with Crippen LogP contribution in [0, 0.1) is 5.41 Å². The average molecular weight is 272 g/mol. The lowest BCUT2D eigenvalue weighted by Crippen LogP contribution is -2.55. The van der Waals surface area contributed by atoms with E-state index in [1.165, 1.54) is 4.90 Å². The quantitative estimate of drug-likeness (QED) is 0.707. The van der Waals surface area contributed by atoms with E-state index in [-0.39, 0.29) is 25.4 Å². The first-order valence-corrected chi connectivity index (χ1v) is 6.11. The van der Waals surface area contributed by atoms with Gasteiger partial charge in [0.1, 0.15) is 6.04 Å². The summed E-state index contributed by atoms with van der Waals surface area (Å²) in [5.74, 6) is -1.83. The summed E-state index contributed by atoms with van der Waals surface area (Å²) in [4.78, 5) is 35.6. The maximum absolute atomic E-state index is 12.2. The van der Waals surface area contributed by atoms with E-state index in [2.05, 4.69) is 0 Å². The Morgan fingerprint density at radius 3 is 2.53 bits per heavy atom. The van der Waals surface area contributed by atoms with E-state index in [0.717, 1.165) is 0 Å². The molecule has 1 heterocycles. The minimum Gasteiger partial charge on any atom is -0.481 e. The van der Waals surface area contributed by atoms with Crippen molar-refractivity contribution in [2.75, 3.05) is 19.8 Å². The Morgan fingerprint density at radius 2 is 2.00 bits per heavy atom. The number of primary amides is 1. The van der Waals surface area contributed by atoms with Crippen LogP contribution in [0.1, 0.15) is 26.7 Å². The predicted octanol–water partition coefficient (Wildman–Crippen LogP) is -0.410. The van der Waals surface area contributed by atoms with Gasteiger partial charge in [-0.05, 0) is 5.41 Å². The third kappa shape index (κ3) is 4.51. The zero-order valence-corrected chi connectivity index (χ0v) is 11.2. The van der Waals surface area contributed by atoms with E-state index < -0.39 is 23.3 Å². The fraction of sp³-hybridized carbons (Fsp3) is 0.750. The molecule has 1 fully saturated rings. The number of morpholine rings is 1. The minimum atomic E-state index is -0.953. The topological polar surface area (TPSA) is 110 Å². The molecule has 0 radical (unpaired) electrons. The molecule has 1 unspecified atom stereocenters. The van der Waals surface area contributed by atoms with Crippen LogP contribution in [-0.4, -0.2) is 53.6 Å². The normalized spacial score (nSPS) is 20.1. The van der Waals surface area contributed by atoms with Crippen molar-refractivity contribution >= 4 is 17.8 Å². The summed E-state index contributed by atoms with van der Waals surface area (Å²) >= 11 is 0. The van der Waals surface area contributed by atoms with Gasteiger partial charge in [-0.2, -0.15) is 0 Å². The van der Waals surface area contributed by atoms with E-state index in [4.69, 9.17) is 15.6 Å². The van der Waals surface area contributed by atoms with Crippen LogP contribution in [0.25, 0.3) is 0 Å². The molecule has 0 aromatic heterocycles. The highest BCUT2D eigenvalue weighted by Gasteiger charge is 2.34. The van der Waals surface area contributed by atoms with E-state index >= 15 is 0 Å². The first-order valence-electron chi connectivity index (χ1n) is 6.11. The molecule has 1 aliphatic rings. The second-order valence-electron chi connectivity index (χ2n) is 5.49. The van der Waals surface area contributed by atoms with Crippen LogP contribution in [0.5, 0.6) is 0 Å². The van der Waals surface area contributed by atoms with E-state index in [9.17, 15) is 14.4 Å². The smallest absolute Gasteiger partial charge is 0.303 e. The summed E-state index contributed by atoms with van der Waals surface area (Å²) in [6.45, 7) is 4.17. The van der Waals surface area contributed by atoms with Crippen LogP contribution in [-0.2, 0) is 19.1 Å². The minimum absolute atomic E-state index is 0.0586. The van der Waals surface area contributed by atoms with Crippen molar-refractivity contribution in [3.8, 4) is 0 Å². The standard InChI is InChI=1S/C12H20N2O5/c1-12(2,6-10(16)17)5-9(15)14-3-4-19-7-8(14)11(13)18/h8H,3-7H2,1-2H3,(H2,13,18)(H,16,17). The van der Waals surface area contributed by atoms with Gasteiger partial charge in [0.05, 0.1) is 19.6 Å². The van der Waals surface area contributed by atoms with Crippen molar-refractivity contribution in [3.63, 3.8) is 0 Å². The molecule has 1 saturated heterocycles. The highest BCUT2D eigenvalue weighted by Crippen LogP contribution is 2.26. The first-order chi connectivity index (χ1) is 8.73. The lowest BCUT2D eigenvalue weighted by molar-refractivity contribution is -0.149. The number of nitrogens with two attached hydrogens (primary N) is 1. The summed E-state index contributed by atoms with van der Waals surface area (Å²) in [7, 11) is 0. The van der Waals surface area contributed by atoms with Gasteiger partial charge in [-0.25, -0.2) is 0 Å². The van der Waals surface area contributed by atoms with Crippen molar-refractivity contribution in [2.24, 2.45) is 11.1 Å². The number of amides is 2. The third-order valence-electron chi connectivity index (χ3n) is 3.04. The van der Waals surface area contributed by atoms with Crippen molar-refractivity contribution in [2.45, 2.75) is 32.7 Å². The molecule has 7 nitrogen and oxygen atoms in total.